The molecule has 0 unspecified atom stereocenters. The van der Waals surface area contributed by atoms with E-state index in [1.54, 1.807) is 31.2 Å². The van der Waals surface area contributed by atoms with Gasteiger partial charge in [-0.15, -0.1) is 0 Å². The molecule has 1 aromatic heterocycles. The highest BCUT2D eigenvalue weighted by molar-refractivity contribution is 6.03. The highest BCUT2D eigenvalue weighted by Crippen LogP contribution is 2.35. The third-order valence-electron chi connectivity index (χ3n) is 3.60. The Hall–Kier alpha value is -3.42. The van der Waals surface area contributed by atoms with Gasteiger partial charge in [0.05, 0.1) is 11.3 Å². The maximum Gasteiger partial charge on any atom is 0.418 e. The van der Waals surface area contributed by atoms with E-state index in [-0.39, 0.29) is 23.0 Å². The van der Waals surface area contributed by atoms with Gasteiger partial charge < -0.3 is 10.6 Å². The van der Waals surface area contributed by atoms with Gasteiger partial charge in [-0.05, 0) is 31.2 Å². The van der Waals surface area contributed by atoms with Crippen molar-refractivity contribution in [2.45, 2.75) is 13.1 Å². The third kappa shape index (κ3) is 4.60. The molecule has 0 saturated carbocycles. The van der Waals surface area contributed by atoms with Gasteiger partial charge in [0.2, 0.25) is 0 Å². The van der Waals surface area contributed by atoms with Gasteiger partial charge in [-0.25, -0.2) is 9.97 Å². The van der Waals surface area contributed by atoms with Crippen LogP contribution in [0.15, 0.2) is 60.7 Å². The van der Waals surface area contributed by atoms with Crippen molar-refractivity contribution in [2.24, 2.45) is 0 Å². The Bertz CT molecular complexity index is 959. The van der Waals surface area contributed by atoms with Crippen LogP contribution >= 0.6 is 0 Å². The number of para-hydroxylation sites is 2. The van der Waals surface area contributed by atoms with Gasteiger partial charge in [-0.2, -0.15) is 13.2 Å². The standard InChI is InChI=1S/C19H15F3N4O/c1-12-23-16(18(27)25-13-7-3-2-4-8-13)11-17(24-12)26-15-10-6-5-9-14(15)19(20,21)22/h2-11H,1H3,(H,25,27)(H,23,24,26). The zero-order valence-corrected chi connectivity index (χ0v) is 14.2. The number of carbonyl (C=O) groups is 1. The minimum Gasteiger partial charge on any atom is -0.340 e. The summed E-state index contributed by atoms with van der Waals surface area (Å²) in [5.41, 5.74) is -0.358. The normalized spacial score (nSPS) is 11.1. The Balaban J connectivity index is 1.87. The average molecular weight is 372 g/mol. The number of carbonyl (C=O) groups excluding carboxylic acids is 1. The van der Waals surface area contributed by atoms with Crippen LogP contribution in [-0.4, -0.2) is 15.9 Å². The molecule has 0 spiro atoms. The van der Waals surface area contributed by atoms with Crippen molar-refractivity contribution in [1.29, 1.82) is 0 Å². The number of hydrogen-bond acceptors (Lipinski definition) is 4. The largest absolute Gasteiger partial charge is 0.418 e. The molecule has 1 heterocycles. The van der Waals surface area contributed by atoms with Gasteiger partial charge in [-0.1, -0.05) is 30.3 Å². The quantitative estimate of drug-likeness (QED) is 0.690. The van der Waals surface area contributed by atoms with E-state index in [4.69, 9.17) is 0 Å². The first-order valence-corrected chi connectivity index (χ1v) is 7.98. The summed E-state index contributed by atoms with van der Waals surface area (Å²) in [4.78, 5) is 20.5. The van der Waals surface area contributed by atoms with Crippen molar-refractivity contribution in [3.05, 3.63) is 77.7 Å². The second-order valence-corrected chi connectivity index (χ2v) is 5.67. The zero-order chi connectivity index (χ0) is 19.4. The van der Waals surface area contributed by atoms with E-state index in [1.165, 1.54) is 24.3 Å². The molecule has 2 aromatic carbocycles. The van der Waals surface area contributed by atoms with E-state index in [1.807, 2.05) is 6.07 Å². The fourth-order valence-electron chi connectivity index (χ4n) is 2.44. The lowest BCUT2D eigenvalue weighted by Gasteiger charge is -2.14. The number of nitrogens with one attached hydrogen (secondary N) is 2. The van der Waals surface area contributed by atoms with Crippen molar-refractivity contribution < 1.29 is 18.0 Å². The Kier molecular flexibility index (Phi) is 5.07. The van der Waals surface area contributed by atoms with Gasteiger partial charge in [0.25, 0.3) is 5.91 Å². The van der Waals surface area contributed by atoms with Crippen LogP contribution in [0, 0.1) is 6.92 Å². The summed E-state index contributed by atoms with van der Waals surface area (Å²) in [5.74, 6) is -0.140. The monoisotopic (exact) mass is 372 g/mol. The third-order valence-corrected chi connectivity index (χ3v) is 3.60. The zero-order valence-electron chi connectivity index (χ0n) is 14.2. The number of amides is 1. The average Bonchev–Trinajstić information content (AvgIpc) is 2.61. The van der Waals surface area contributed by atoms with Crippen LogP contribution in [0.5, 0.6) is 0 Å². The summed E-state index contributed by atoms with van der Waals surface area (Å²) < 4.78 is 39.4. The van der Waals surface area contributed by atoms with Crippen LogP contribution < -0.4 is 10.6 Å². The number of aromatic nitrogens is 2. The molecule has 0 fully saturated rings. The molecular weight excluding hydrogens is 357 g/mol. The molecule has 2 N–H and O–H groups in total. The fourth-order valence-corrected chi connectivity index (χ4v) is 2.44. The molecule has 27 heavy (non-hydrogen) atoms. The number of halogens is 3. The summed E-state index contributed by atoms with van der Waals surface area (Å²) in [6.07, 6.45) is -4.51. The first-order chi connectivity index (χ1) is 12.8. The molecule has 3 rings (SSSR count). The van der Waals surface area contributed by atoms with Gasteiger partial charge >= 0.3 is 6.18 Å². The van der Waals surface area contributed by atoms with Gasteiger partial charge in [0.1, 0.15) is 17.3 Å². The molecule has 1 amide bonds. The maximum atomic E-state index is 13.1. The topological polar surface area (TPSA) is 66.9 Å². The predicted octanol–water partition coefficient (Wildman–Crippen LogP) is 4.80. The first-order valence-electron chi connectivity index (χ1n) is 7.98. The number of benzene rings is 2. The number of nitrogens with zero attached hydrogens (tertiary/aromatic N) is 2. The second-order valence-electron chi connectivity index (χ2n) is 5.67. The van der Waals surface area contributed by atoms with E-state index in [0.29, 0.717) is 5.69 Å². The number of anilines is 3. The van der Waals surface area contributed by atoms with Gasteiger partial charge in [-0.3, -0.25) is 4.79 Å². The molecule has 0 radical (unpaired) electrons. The van der Waals surface area contributed by atoms with Crippen molar-refractivity contribution in [3.63, 3.8) is 0 Å². The summed E-state index contributed by atoms with van der Waals surface area (Å²) in [6.45, 7) is 1.56. The Morgan fingerprint density at radius 2 is 1.63 bits per heavy atom. The highest BCUT2D eigenvalue weighted by atomic mass is 19.4. The lowest BCUT2D eigenvalue weighted by atomic mass is 10.1. The highest BCUT2D eigenvalue weighted by Gasteiger charge is 2.33. The molecule has 138 valence electrons. The van der Waals surface area contributed by atoms with Crippen LogP contribution in [0.1, 0.15) is 21.9 Å². The number of alkyl halides is 3. The molecule has 3 aromatic rings. The minimum absolute atomic E-state index is 0.0401. The summed E-state index contributed by atoms with van der Waals surface area (Å²) in [5, 5.41) is 5.30. The molecular formula is C19H15F3N4O. The Morgan fingerprint density at radius 1 is 0.963 bits per heavy atom. The second kappa shape index (κ2) is 7.45. The number of rotatable bonds is 4. The van der Waals surface area contributed by atoms with Crippen molar-refractivity contribution in [2.75, 3.05) is 10.6 Å². The predicted molar refractivity (Wildman–Crippen MR) is 95.9 cm³/mol. The molecule has 5 nitrogen and oxygen atoms in total. The van der Waals surface area contributed by atoms with E-state index in [9.17, 15) is 18.0 Å². The molecule has 8 heteroatoms. The van der Waals surface area contributed by atoms with E-state index < -0.39 is 17.6 Å². The van der Waals surface area contributed by atoms with E-state index in [0.717, 1.165) is 6.07 Å². The maximum absolute atomic E-state index is 13.1. The van der Waals surface area contributed by atoms with E-state index in [2.05, 4.69) is 20.6 Å². The summed E-state index contributed by atoms with van der Waals surface area (Å²) in [7, 11) is 0. The van der Waals surface area contributed by atoms with Crippen molar-refractivity contribution in [1.82, 2.24) is 9.97 Å². The van der Waals surface area contributed by atoms with Gasteiger partial charge in [0.15, 0.2) is 0 Å². The van der Waals surface area contributed by atoms with Gasteiger partial charge in [0, 0.05) is 11.8 Å². The SMILES string of the molecule is Cc1nc(Nc2ccccc2C(F)(F)F)cc(C(=O)Nc2ccccc2)n1. The molecule has 0 aliphatic carbocycles. The Labute approximate surface area is 153 Å². The van der Waals surface area contributed by atoms with Crippen LogP contribution in [0.3, 0.4) is 0 Å². The van der Waals surface area contributed by atoms with Crippen molar-refractivity contribution in [3.8, 4) is 0 Å². The first kappa shape index (κ1) is 18.4. The molecule has 0 atom stereocenters. The van der Waals surface area contributed by atoms with Crippen LogP contribution in [0.2, 0.25) is 0 Å². The molecule has 0 bridgehead atoms. The van der Waals surface area contributed by atoms with E-state index >= 15 is 0 Å². The molecule has 0 saturated heterocycles. The number of aryl methyl sites for hydroxylation is 1. The van der Waals surface area contributed by atoms with Crippen molar-refractivity contribution >= 4 is 23.1 Å². The minimum atomic E-state index is -4.51. The summed E-state index contributed by atoms with van der Waals surface area (Å²) >= 11 is 0. The fraction of sp³-hybridized carbons (Fsp3) is 0.105. The smallest absolute Gasteiger partial charge is 0.340 e. The lowest BCUT2D eigenvalue weighted by molar-refractivity contribution is -0.136. The van der Waals surface area contributed by atoms with Crippen LogP contribution in [0.25, 0.3) is 0 Å². The molecule has 0 aliphatic heterocycles. The Morgan fingerprint density at radius 3 is 2.33 bits per heavy atom. The van der Waals surface area contributed by atoms with Crippen LogP contribution in [-0.2, 0) is 6.18 Å². The lowest BCUT2D eigenvalue weighted by Crippen LogP contribution is -2.15. The number of hydrogen-bond donors (Lipinski definition) is 2. The molecule has 0 aliphatic rings. The summed E-state index contributed by atoms with van der Waals surface area (Å²) in [6, 6.07) is 15.1. The van der Waals surface area contributed by atoms with Crippen LogP contribution in [0.4, 0.5) is 30.4 Å².